The van der Waals surface area contributed by atoms with Gasteiger partial charge < -0.3 is 19.5 Å². The summed E-state index contributed by atoms with van der Waals surface area (Å²) in [6.45, 7) is 5.28. The van der Waals surface area contributed by atoms with Gasteiger partial charge in [-0.15, -0.1) is 11.3 Å². The number of aromatic nitrogens is 2. The van der Waals surface area contributed by atoms with Gasteiger partial charge in [0.25, 0.3) is 5.91 Å². The highest BCUT2D eigenvalue weighted by atomic mass is 32.1. The van der Waals surface area contributed by atoms with E-state index in [4.69, 9.17) is 9.26 Å². The van der Waals surface area contributed by atoms with Crippen molar-refractivity contribution < 1.29 is 18.8 Å². The molecule has 4 heterocycles. The molecule has 158 valence electrons. The number of carbonyl (C=O) groups is 2. The number of thiophene rings is 1. The Labute approximate surface area is 178 Å². The maximum Gasteiger partial charge on any atom is 0.262 e. The average Bonchev–Trinajstić information content (AvgIpc) is 3.36. The molecular formula is C21H24N4O4S. The van der Waals surface area contributed by atoms with E-state index in [1.54, 1.807) is 18.0 Å². The summed E-state index contributed by atoms with van der Waals surface area (Å²) in [7, 11) is 0. The molecule has 9 heteroatoms. The van der Waals surface area contributed by atoms with Gasteiger partial charge >= 0.3 is 0 Å². The zero-order valence-corrected chi connectivity index (χ0v) is 17.8. The quantitative estimate of drug-likeness (QED) is 0.648. The van der Waals surface area contributed by atoms with Gasteiger partial charge in [-0.1, -0.05) is 24.6 Å². The summed E-state index contributed by atoms with van der Waals surface area (Å²) in [5.41, 5.74) is 1.67. The summed E-state index contributed by atoms with van der Waals surface area (Å²) < 4.78 is 11.3. The lowest BCUT2D eigenvalue weighted by molar-refractivity contribution is -0.136. The highest BCUT2D eigenvalue weighted by molar-refractivity contribution is 7.20. The van der Waals surface area contributed by atoms with Gasteiger partial charge in [-0.05, 0) is 12.5 Å². The number of morpholine rings is 1. The van der Waals surface area contributed by atoms with Crippen molar-refractivity contribution in [3.63, 3.8) is 0 Å². The molecule has 1 fully saturated rings. The largest absolute Gasteiger partial charge is 0.370 e. The SMILES string of the molecule is CCCc1cc(CNC(=O)c2sc3ncccc3c2[C@H]2CN(C(C)=O)CCO2)on1. The molecule has 2 amide bonds. The molecule has 1 atom stereocenters. The number of amides is 2. The Morgan fingerprint density at radius 2 is 2.27 bits per heavy atom. The number of carbonyl (C=O) groups excluding carboxylic acids is 2. The Kier molecular flexibility index (Phi) is 6.10. The van der Waals surface area contributed by atoms with E-state index >= 15 is 0 Å². The number of ether oxygens (including phenoxy) is 1. The van der Waals surface area contributed by atoms with E-state index < -0.39 is 0 Å². The number of hydrogen-bond acceptors (Lipinski definition) is 7. The minimum Gasteiger partial charge on any atom is -0.370 e. The topological polar surface area (TPSA) is 97.6 Å². The molecule has 30 heavy (non-hydrogen) atoms. The van der Waals surface area contributed by atoms with Crippen molar-refractivity contribution in [1.29, 1.82) is 0 Å². The molecule has 0 aromatic carbocycles. The minimum absolute atomic E-state index is 0.000152. The van der Waals surface area contributed by atoms with Crippen LogP contribution >= 0.6 is 11.3 Å². The van der Waals surface area contributed by atoms with Crippen molar-refractivity contribution in [3.8, 4) is 0 Å². The molecule has 1 aliphatic heterocycles. The van der Waals surface area contributed by atoms with Crippen LogP contribution in [0.3, 0.4) is 0 Å². The van der Waals surface area contributed by atoms with E-state index in [1.807, 2.05) is 18.2 Å². The molecular weight excluding hydrogens is 404 g/mol. The molecule has 1 aliphatic rings. The van der Waals surface area contributed by atoms with Crippen LogP contribution in [0.4, 0.5) is 0 Å². The molecule has 0 bridgehead atoms. The van der Waals surface area contributed by atoms with Crippen molar-refractivity contribution >= 4 is 33.4 Å². The third-order valence-corrected chi connectivity index (χ3v) is 6.21. The van der Waals surface area contributed by atoms with Crippen LogP contribution in [-0.2, 0) is 22.5 Å². The number of pyridine rings is 1. The average molecular weight is 429 g/mol. The highest BCUT2D eigenvalue weighted by Gasteiger charge is 2.31. The van der Waals surface area contributed by atoms with Crippen molar-refractivity contribution in [1.82, 2.24) is 20.4 Å². The summed E-state index contributed by atoms with van der Waals surface area (Å²) in [6, 6.07) is 5.65. The summed E-state index contributed by atoms with van der Waals surface area (Å²) >= 11 is 1.33. The first-order valence-corrected chi connectivity index (χ1v) is 10.9. The van der Waals surface area contributed by atoms with Crippen LogP contribution in [-0.4, -0.2) is 46.6 Å². The lowest BCUT2D eigenvalue weighted by Crippen LogP contribution is -2.41. The molecule has 0 saturated carbocycles. The summed E-state index contributed by atoms with van der Waals surface area (Å²) in [5, 5.41) is 7.82. The Morgan fingerprint density at radius 1 is 1.40 bits per heavy atom. The van der Waals surface area contributed by atoms with Crippen LogP contribution in [0.25, 0.3) is 10.2 Å². The van der Waals surface area contributed by atoms with Crippen LogP contribution in [0, 0.1) is 0 Å². The molecule has 3 aromatic heterocycles. The van der Waals surface area contributed by atoms with E-state index in [-0.39, 0.29) is 24.5 Å². The highest BCUT2D eigenvalue weighted by Crippen LogP contribution is 2.37. The normalized spacial score (nSPS) is 16.7. The second-order valence-corrected chi connectivity index (χ2v) is 8.24. The molecule has 0 aliphatic carbocycles. The van der Waals surface area contributed by atoms with Crippen molar-refractivity contribution in [2.45, 2.75) is 39.3 Å². The van der Waals surface area contributed by atoms with Crippen LogP contribution in [0.2, 0.25) is 0 Å². The third-order valence-electron chi connectivity index (χ3n) is 5.08. The predicted molar refractivity (Wildman–Crippen MR) is 112 cm³/mol. The van der Waals surface area contributed by atoms with Gasteiger partial charge in [0.05, 0.1) is 25.4 Å². The predicted octanol–water partition coefficient (Wildman–Crippen LogP) is 3.09. The Bertz CT molecular complexity index is 1060. The monoisotopic (exact) mass is 428 g/mol. The number of hydrogen-bond donors (Lipinski definition) is 1. The summed E-state index contributed by atoms with van der Waals surface area (Å²) in [5.74, 6) is 0.398. The van der Waals surface area contributed by atoms with E-state index in [9.17, 15) is 9.59 Å². The number of fused-ring (bicyclic) bond motifs is 1. The zero-order valence-electron chi connectivity index (χ0n) is 17.0. The number of nitrogens with zero attached hydrogens (tertiary/aromatic N) is 3. The molecule has 0 radical (unpaired) electrons. The fourth-order valence-electron chi connectivity index (χ4n) is 3.61. The second-order valence-electron chi connectivity index (χ2n) is 7.24. The third kappa shape index (κ3) is 4.22. The van der Waals surface area contributed by atoms with Crippen LogP contribution in [0.15, 0.2) is 28.9 Å². The fourth-order valence-corrected chi connectivity index (χ4v) is 4.72. The van der Waals surface area contributed by atoms with Crippen LogP contribution in [0.5, 0.6) is 0 Å². The Hall–Kier alpha value is -2.78. The molecule has 1 saturated heterocycles. The van der Waals surface area contributed by atoms with Crippen LogP contribution in [0.1, 0.15) is 53.1 Å². The van der Waals surface area contributed by atoms with Gasteiger partial charge in [0.1, 0.15) is 15.8 Å². The van der Waals surface area contributed by atoms with Crippen molar-refractivity contribution in [3.05, 3.63) is 46.3 Å². The van der Waals surface area contributed by atoms with E-state index in [2.05, 4.69) is 22.4 Å². The second kappa shape index (κ2) is 8.93. The first-order chi connectivity index (χ1) is 14.6. The number of aryl methyl sites for hydroxylation is 1. The van der Waals surface area contributed by atoms with Crippen molar-refractivity contribution in [2.75, 3.05) is 19.7 Å². The fraction of sp³-hybridized carbons (Fsp3) is 0.429. The smallest absolute Gasteiger partial charge is 0.262 e. The van der Waals surface area contributed by atoms with Gasteiger partial charge in [0.2, 0.25) is 5.91 Å². The van der Waals surface area contributed by atoms with Gasteiger partial charge in [-0.3, -0.25) is 9.59 Å². The Balaban J connectivity index is 1.59. The molecule has 0 spiro atoms. The first-order valence-electron chi connectivity index (χ1n) is 10.0. The maximum atomic E-state index is 13.1. The zero-order chi connectivity index (χ0) is 21.1. The van der Waals surface area contributed by atoms with E-state index in [1.165, 1.54) is 11.3 Å². The van der Waals surface area contributed by atoms with Gasteiger partial charge in [-0.2, -0.15) is 0 Å². The lowest BCUT2D eigenvalue weighted by atomic mass is 10.0. The van der Waals surface area contributed by atoms with Gasteiger partial charge in [-0.25, -0.2) is 4.98 Å². The van der Waals surface area contributed by atoms with E-state index in [0.29, 0.717) is 30.3 Å². The standard InChI is InChI=1S/C21H24N4O4S/c1-3-5-14-10-15(29-24-14)11-23-20(27)19-18(16-6-4-7-22-21(16)30-19)17-12-25(13(2)26)8-9-28-17/h4,6-7,10,17H,3,5,8-9,11-12H2,1-2H3,(H,23,27)/t17-/m1/s1. The van der Waals surface area contributed by atoms with E-state index in [0.717, 1.165) is 34.3 Å². The van der Waals surface area contributed by atoms with Gasteiger partial charge in [0, 0.05) is 36.7 Å². The number of rotatable bonds is 6. The minimum atomic E-state index is -0.372. The summed E-state index contributed by atoms with van der Waals surface area (Å²) in [4.78, 5) is 32.4. The lowest BCUT2D eigenvalue weighted by Gasteiger charge is -2.32. The van der Waals surface area contributed by atoms with Crippen molar-refractivity contribution in [2.24, 2.45) is 0 Å². The van der Waals surface area contributed by atoms with Crippen LogP contribution < -0.4 is 5.32 Å². The first kappa shape index (κ1) is 20.5. The molecule has 8 nitrogen and oxygen atoms in total. The summed E-state index contributed by atoms with van der Waals surface area (Å²) in [6.07, 6.45) is 3.16. The number of nitrogens with one attached hydrogen (secondary N) is 1. The molecule has 0 unspecified atom stereocenters. The van der Waals surface area contributed by atoms with Gasteiger partial charge in [0.15, 0.2) is 5.76 Å². The molecule has 3 aromatic rings. The maximum absolute atomic E-state index is 13.1. The molecule has 1 N–H and O–H groups in total. The Morgan fingerprint density at radius 3 is 3.07 bits per heavy atom. The molecule has 4 rings (SSSR count).